The molecule has 0 saturated heterocycles. The summed E-state index contributed by atoms with van der Waals surface area (Å²) in [6, 6.07) is 6.83. The predicted molar refractivity (Wildman–Crippen MR) is 90.1 cm³/mol. The van der Waals surface area contributed by atoms with E-state index in [9.17, 15) is 13.6 Å². The van der Waals surface area contributed by atoms with Crippen LogP contribution in [0.1, 0.15) is 5.56 Å². The van der Waals surface area contributed by atoms with Crippen LogP contribution in [0.3, 0.4) is 0 Å². The van der Waals surface area contributed by atoms with Gasteiger partial charge in [0.1, 0.15) is 0 Å². The summed E-state index contributed by atoms with van der Waals surface area (Å²) in [6.45, 7) is 0. The first-order valence-corrected chi connectivity index (χ1v) is 7.23. The van der Waals surface area contributed by atoms with E-state index < -0.39 is 17.5 Å². The van der Waals surface area contributed by atoms with Gasteiger partial charge in [0, 0.05) is 6.08 Å². The van der Waals surface area contributed by atoms with Gasteiger partial charge in [-0.1, -0.05) is 6.07 Å². The van der Waals surface area contributed by atoms with E-state index in [1.54, 1.807) is 12.1 Å². The maximum atomic E-state index is 13.5. The molecule has 0 aliphatic rings. The van der Waals surface area contributed by atoms with Crippen molar-refractivity contribution in [1.82, 2.24) is 0 Å². The highest BCUT2D eigenvalue weighted by atomic mass is 19.2. The van der Waals surface area contributed by atoms with Gasteiger partial charge in [0.25, 0.3) is 0 Å². The standard InChI is InChI=1S/C18H17F2NO4/c1-23-14-9-11(10-15(24-2)18(14)25-3)7-8-16(22)21-13-6-4-5-12(19)17(13)20/h4-10H,1-3H3,(H,21,22)/b8-7+. The monoisotopic (exact) mass is 349 g/mol. The van der Waals surface area contributed by atoms with Crippen LogP contribution in [0, 0.1) is 11.6 Å². The van der Waals surface area contributed by atoms with Gasteiger partial charge in [-0.05, 0) is 35.9 Å². The minimum Gasteiger partial charge on any atom is -0.493 e. The summed E-state index contributed by atoms with van der Waals surface area (Å²) >= 11 is 0. The molecule has 0 unspecified atom stereocenters. The molecule has 132 valence electrons. The quantitative estimate of drug-likeness (QED) is 0.809. The van der Waals surface area contributed by atoms with Crippen LogP contribution in [0.5, 0.6) is 17.2 Å². The second kappa shape index (κ2) is 8.14. The number of methoxy groups -OCH3 is 3. The zero-order chi connectivity index (χ0) is 18.4. The number of anilines is 1. The fourth-order valence-corrected chi connectivity index (χ4v) is 2.14. The Labute approximate surface area is 143 Å². The van der Waals surface area contributed by atoms with E-state index in [-0.39, 0.29) is 5.69 Å². The molecule has 2 aromatic carbocycles. The summed E-state index contributed by atoms with van der Waals surface area (Å²) in [7, 11) is 4.44. The lowest BCUT2D eigenvalue weighted by molar-refractivity contribution is -0.111. The van der Waals surface area contributed by atoms with Gasteiger partial charge in [-0.3, -0.25) is 4.79 Å². The molecule has 0 aliphatic heterocycles. The van der Waals surface area contributed by atoms with Gasteiger partial charge in [0.05, 0.1) is 27.0 Å². The second-order valence-electron chi connectivity index (χ2n) is 4.88. The number of ether oxygens (including phenoxy) is 3. The number of benzene rings is 2. The summed E-state index contributed by atoms with van der Waals surface area (Å²) in [6.07, 6.45) is 2.67. The molecule has 1 N–H and O–H groups in total. The normalized spacial score (nSPS) is 10.6. The SMILES string of the molecule is COc1cc(/C=C/C(=O)Nc2cccc(F)c2F)cc(OC)c1OC. The van der Waals surface area contributed by atoms with Crippen molar-refractivity contribution in [1.29, 1.82) is 0 Å². The molecule has 0 aromatic heterocycles. The lowest BCUT2D eigenvalue weighted by Crippen LogP contribution is -2.09. The molecule has 0 saturated carbocycles. The number of carbonyl (C=O) groups is 1. The molecule has 0 heterocycles. The Morgan fingerprint density at radius 3 is 2.24 bits per heavy atom. The number of carbonyl (C=O) groups excluding carboxylic acids is 1. The number of halogens is 2. The van der Waals surface area contributed by atoms with Crippen LogP contribution < -0.4 is 19.5 Å². The second-order valence-corrected chi connectivity index (χ2v) is 4.88. The van der Waals surface area contributed by atoms with Crippen molar-refractivity contribution in [3.8, 4) is 17.2 Å². The predicted octanol–water partition coefficient (Wildman–Crippen LogP) is 3.64. The van der Waals surface area contributed by atoms with Crippen molar-refractivity contribution in [2.24, 2.45) is 0 Å². The van der Waals surface area contributed by atoms with Gasteiger partial charge in [-0.2, -0.15) is 0 Å². The molecule has 0 atom stereocenters. The number of hydrogen-bond donors (Lipinski definition) is 1. The molecule has 7 heteroatoms. The first kappa shape index (κ1) is 18.3. The first-order valence-electron chi connectivity index (χ1n) is 7.23. The van der Waals surface area contributed by atoms with E-state index in [0.717, 1.165) is 6.07 Å². The smallest absolute Gasteiger partial charge is 0.248 e. The number of hydrogen-bond acceptors (Lipinski definition) is 4. The van der Waals surface area contributed by atoms with E-state index in [4.69, 9.17) is 14.2 Å². The largest absolute Gasteiger partial charge is 0.493 e. The Hall–Kier alpha value is -3.09. The average molecular weight is 349 g/mol. The molecule has 0 radical (unpaired) electrons. The van der Waals surface area contributed by atoms with Crippen LogP contribution >= 0.6 is 0 Å². The molecular formula is C18H17F2NO4. The summed E-state index contributed by atoms with van der Waals surface area (Å²) in [5.41, 5.74) is 0.365. The van der Waals surface area contributed by atoms with Crippen molar-refractivity contribution in [3.63, 3.8) is 0 Å². The Morgan fingerprint density at radius 1 is 1.04 bits per heavy atom. The van der Waals surface area contributed by atoms with Crippen molar-refractivity contribution in [2.75, 3.05) is 26.6 Å². The Balaban J connectivity index is 2.21. The van der Waals surface area contributed by atoms with Gasteiger partial charge in [-0.15, -0.1) is 0 Å². The fraction of sp³-hybridized carbons (Fsp3) is 0.167. The van der Waals surface area contributed by atoms with Gasteiger partial charge in [-0.25, -0.2) is 8.78 Å². The molecule has 0 bridgehead atoms. The summed E-state index contributed by atoms with van der Waals surface area (Å²) in [5, 5.41) is 2.27. The molecular weight excluding hydrogens is 332 g/mol. The average Bonchev–Trinajstić information content (AvgIpc) is 2.62. The molecule has 2 aromatic rings. The molecule has 1 amide bonds. The number of rotatable bonds is 6. The maximum absolute atomic E-state index is 13.5. The summed E-state index contributed by atoms with van der Waals surface area (Å²) in [4.78, 5) is 11.9. The van der Waals surface area contributed by atoms with Crippen LogP contribution in [0.25, 0.3) is 6.08 Å². The van der Waals surface area contributed by atoms with E-state index >= 15 is 0 Å². The topological polar surface area (TPSA) is 56.8 Å². The molecule has 25 heavy (non-hydrogen) atoms. The van der Waals surface area contributed by atoms with Gasteiger partial charge < -0.3 is 19.5 Å². The first-order chi connectivity index (χ1) is 12.0. The zero-order valence-corrected chi connectivity index (χ0v) is 13.9. The van der Waals surface area contributed by atoms with Crippen LogP contribution in [-0.2, 0) is 4.79 Å². The lowest BCUT2D eigenvalue weighted by atomic mass is 10.1. The third-order valence-corrected chi connectivity index (χ3v) is 3.32. The van der Waals surface area contributed by atoms with Gasteiger partial charge in [0.15, 0.2) is 23.1 Å². The van der Waals surface area contributed by atoms with Crippen LogP contribution in [0.15, 0.2) is 36.4 Å². The molecule has 0 spiro atoms. The van der Waals surface area contributed by atoms with Crippen molar-refractivity contribution in [2.45, 2.75) is 0 Å². The Morgan fingerprint density at radius 2 is 1.68 bits per heavy atom. The van der Waals surface area contributed by atoms with Crippen LogP contribution in [0.4, 0.5) is 14.5 Å². The number of amides is 1. The molecule has 5 nitrogen and oxygen atoms in total. The molecule has 0 fully saturated rings. The van der Waals surface area contributed by atoms with E-state index in [2.05, 4.69) is 5.32 Å². The minimum atomic E-state index is -1.11. The molecule has 2 rings (SSSR count). The highest BCUT2D eigenvalue weighted by molar-refractivity contribution is 6.02. The van der Waals surface area contributed by atoms with E-state index in [1.165, 1.54) is 45.6 Å². The van der Waals surface area contributed by atoms with Crippen LogP contribution in [0.2, 0.25) is 0 Å². The summed E-state index contributed by atoms with van der Waals surface area (Å²) < 4.78 is 42.3. The summed E-state index contributed by atoms with van der Waals surface area (Å²) in [5.74, 6) is -1.48. The van der Waals surface area contributed by atoms with E-state index in [1.807, 2.05) is 0 Å². The third kappa shape index (κ3) is 4.26. The van der Waals surface area contributed by atoms with Gasteiger partial charge in [0.2, 0.25) is 11.7 Å². The van der Waals surface area contributed by atoms with E-state index in [0.29, 0.717) is 22.8 Å². The lowest BCUT2D eigenvalue weighted by Gasteiger charge is -2.12. The third-order valence-electron chi connectivity index (χ3n) is 3.32. The fourth-order valence-electron chi connectivity index (χ4n) is 2.14. The number of nitrogens with one attached hydrogen (secondary N) is 1. The molecule has 0 aliphatic carbocycles. The van der Waals surface area contributed by atoms with Crippen molar-refractivity contribution in [3.05, 3.63) is 53.6 Å². The van der Waals surface area contributed by atoms with Gasteiger partial charge >= 0.3 is 0 Å². The van der Waals surface area contributed by atoms with Crippen LogP contribution in [-0.4, -0.2) is 27.2 Å². The van der Waals surface area contributed by atoms with Crippen molar-refractivity contribution >= 4 is 17.7 Å². The zero-order valence-electron chi connectivity index (χ0n) is 13.9. The van der Waals surface area contributed by atoms with Crippen molar-refractivity contribution < 1.29 is 27.8 Å². The Kier molecular flexibility index (Phi) is 5.94. The Bertz CT molecular complexity index is 781. The highest BCUT2D eigenvalue weighted by Gasteiger charge is 2.12. The minimum absolute atomic E-state index is 0.237. The highest BCUT2D eigenvalue weighted by Crippen LogP contribution is 2.38. The maximum Gasteiger partial charge on any atom is 0.248 e.